The first-order valence-electron chi connectivity index (χ1n) is 5.39. The van der Waals surface area contributed by atoms with Crippen molar-refractivity contribution in [3.8, 4) is 5.75 Å². The molecule has 0 radical (unpaired) electrons. The maximum Gasteiger partial charge on any atom is 0.274 e. The summed E-state index contributed by atoms with van der Waals surface area (Å²) in [6, 6.07) is 4.19. The molecule has 0 spiro atoms. The van der Waals surface area contributed by atoms with E-state index >= 15 is 0 Å². The predicted octanol–water partition coefficient (Wildman–Crippen LogP) is 2.11. The molecule has 5 heteroatoms. The number of nitrogens with one attached hydrogen (secondary N) is 1. The number of hydrogen-bond acceptors (Lipinski definition) is 4. The van der Waals surface area contributed by atoms with Crippen LogP contribution >= 0.6 is 0 Å². The van der Waals surface area contributed by atoms with Crippen molar-refractivity contribution in [2.24, 2.45) is 0 Å². The van der Waals surface area contributed by atoms with Crippen LogP contribution in [0.5, 0.6) is 5.75 Å². The van der Waals surface area contributed by atoms with Crippen molar-refractivity contribution in [2.45, 2.75) is 25.3 Å². The van der Waals surface area contributed by atoms with E-state index in [1.165, 1.54) is 18.2 Å². The molecule has 16 heavy (non-hydrogen) atoms. The van der Waals surface area contributed by atoms with Gasteiger partial charge in [-0.1, -0.05) is 6.42 Å². The summed E-state index contributed by atoms with van der Waals surface area (Å²) in [5.74, 6) is 0.0768. The quantitative estimate of drug-likeness (QED) is 0.593. The van der Waals surface area contributed by atoms with E-state index < -0.39 is 4.92 Å². The molecule has 0 saturated carbocycles. The van der Waals surface area contributed by atoms with Crippen LogP contribution in [0.3, 0.4) is 0 Å². The van der Waals surface area contributed by atoms with Gasteiger partial charge in [-0.25, -0.2) is 0 Å². The highest BCUT2D eigenvalue weighted by Gasteiger charge is 2.23. The minimum Gasteiger partial charge on any atom is -0.508 e. The molecular weight excluding hydrogens is 208 g/mol. The van der Waals surface area contributed by atoms with Gasteiger partial charge in [-0.15, -0.1) is 0 Å². The van der Waals surface area contributed by atoms with Crippen molar-refractivity contribution in [1.82, 2.24) is 5.32 Å². The fourth-order valence-electron chi connectivity index (χ4n) is 2.10. The van der Waals surface area contributed by atoms with Gasteiger partial charge in [0.1, 0.15) is 5.75 Å². The van der Waals surface area contributed by atoms with Crippen LogP contribution in [0.1, 0.15) is 30.9 Å². The van der Waals surface area contributed by atoms with Crippen LogP contribution < -0.4 is 5.32 Å². The lowest BCUT2D eigenvalue weighted by Gasteiger charge is -2.23. The van der Waals surface area contributed by atoms with E-state index in [1.807, 2.05) is 0 Å². The number of nitro groups is 1. The fourth-order valence-corrected chi connectivity index (χ4v) is 2.10. The topological polar surface area (TPSA) is 75.4 Å². The Morgan fingerprint density at radius 3 is 2.88 bits per heavy atom. The van der Waals surface area contributed by atoms with Crippen LogP contribution in [0, 0.1) is 10.1 Å². The summed E-state index contributed by atoms with van der Waals surface area (Å²) in [7, 11) is 0. The molecule has 1 aliphatic heterocycles. The van der Waals surface area contributed by atoms with Gasteiger partial charge in [0.25, 0.3) is 5.69 Å². The van der Waals surface area contributed by atoms with Crippen molar-refractivity contribution >= 4 is 5.69 Å². The number of piperidine rings is 1. The van der Waals surface area contributed by atoms with E-state index in [9.17, 15) is 15.2 Å². The Hall–Kier alpha value is -1.62. The second-order valence-corrected chi connectivity index (χ2v) is 4.00. The van der Waals surface area contributed by atoms with E-state index in [-0.39, 0.29) is 17.5 Å². The normalized spacial score (nSPS) is 20.6. The van der Waals surface area contributed by atoms with E-state index in [0.29, 0.717) is 5.56 Å². The molecule has 0 aromatic heterocycles. The largest absolute Gasteiger partial charge is 0.508 e. The van der Waals surface area contributed by atoms with Gasteiger partial charge in [0.2, 0.25) is 0 Å². The lowest BCUT2D eigenvalue weighted by molar-refractivity contribution is -0.385. The molecule has 1 aromatic rings. The number of benzene rings is 1. The molecule has 86 valence electrons. The molecule has 5 nitrogen and oxygen atoms in total. The molecule has 0 bridgehead atoms. The van der Waals surface area contributed by atoms with Gasteiger partial charge in [-0.3, -0.25) is 10.1 Å². The van der Waals surface area contributed by atoms with Gasteiger partial charge in [0.15, 0.2) is 0 Å². The molecule has 1 aliphatic rings. The highest BCUT2D eigenvalue weighted by Crippen LogP contribution is 2.32. The average Bonchev–Trinajstić information content (AvgIpc) is 2.29. The van der Waals surface area contributed by atoms with Crippen molar-refractivity contribution in [3.63, 3.8) is 0 Å². The summed E-state index contributed by atoms with van der Waals surface area (Å²) in [5.41, 5.74) is 0.668. The predicted molar refractivity (Wildman–Crippen MR) is 59.4 cm³/mol. The maximum atomic E-state index is 10.9. The third kappa shape index (κ3) is 2.14. The SMILES string of the molecule is O=[N+]([O-])c1ccc(O)cc1[C@H]1CCCCN1. The summed E-state index contributed by atoms with van der Waals surface area (Å²) in [4.78, 5) is 10.5. The van der Waals surface area contributed by atoms with E-state index in [0.717, 1.165) is 25.8 Å². The number of nitro benzene ring substituents is 1. The summed E-state index contributed by atoms with van der Waals surface area (Å²) >= 11 is 0. The van der Waals surface area contributed by atoms with Gasteiger partial charge in [0.05, 0.1) is 10.5 Å². The molecule has 1 atom stereocenters. The second kappa shape index (κ2) is 4.49. The first-order chi connectivity index (χ1) is 7.68. The minimum atomic E-state index is -0.398. The number of rotatable bonds is 2. The lowest BCUT2D eigenvalue weighted by Crippen LogP contribution is -2.27. The van der Waals surface area contributed by atoms with Crippen LogP contribution in [0.2, 0.25) is 0 Å². The smallest absolute Gasteiger partial charge is 0.274 e. The third-order valence-electron chi connectivity index (χ3n) is 2.89. The van der Waals surface area contributed by atoms with Crippen LogP contribution in [0.25, 0.3) is 0 Å². The summed E-state index contributed by atoms with van der Waals surface area (Å²) in [6.07, 6.45) is 3.04. The fraction of sp³-hybridized carbons (Fsp3) is 0.455. The molecular formula is C11H14N2O3. The highest BCUT2D eigenvalue weighted by molar-refractivity contribution is 5.46. The van der Waals surface area contributed by atoms with Gasteiger partial charge < -0.3 is 10.4 Å². The lowest BCUT2D eigenvalue weighted by atomic mass is 9.96. The monoisotopic (exact) mass is 222 g/mol. The molecule has 0 unspecified atom stereocenters. The van der Waals surface area contributed by atoms with Gasteiger partial charge >= 0.3 is 0 Å². The van der Waals surface area contributed by atoms with Crippen LogP contribution in [0.15, 0.2) is 18.2 Å². The zero-order valence-corrected chi connectivity index (χ0v) is 8.85. The standard InChI is InChI=1S/C11H14N2O3/c14-8-4-5-11(13(15)16)9(7-8)10-3-1-2-6-12-10/h4-5,7,10,12,14H,1-3,6H2/t10-/m1/s1. The Labute approximate surface area is 93.2 Å². The Kier molecular flexibility index (Phi) is 3.05. The van der Waals surface area contributed by atoms with E-state index in [2.05, 4.69) is 5.32 Å². The van der Waals surface area contributed by atoms with E-state index in [1.54, 1.807) is 0 Å². The first-order valence-corrected chi connectivity index (χ1v) is 5.39. The third-order valence-corrected chi connectivity index (χ3v) is 2.89. The van der Waals surface area contributed by atoms with Crippen molar-refractivity contribution in [3.05, 3.63) is 33.9 Å². The Balaban J connectivity index is 2.36. The van der Waals surface area contributed by atoms with Crippen molar-refractivity contribution in [1.29, 1.82) is 0 Å². The number of hydrogen-bond donors (Lipinski definition) is 2. The zero-order chi connectivity index (χ0) is 11.5. The van der Waals surface area contributed by atoms with E-state index in [4.69, 9.17) is 0 Å². The Bertz CT molecular complexity index is 400. The van der Waals surface area contributed by atoms with Crippen molar-refractivity contribution in [2.75, 3.05) is 6.54 Å². The van der Waals surface area contributed by atoms with Crippen LogP contribution in [0.4, 0.5) is 5.69 Å². The number of aromatic hydroxyl groups is 1. The molecule has 1 aromatic carbocycles. The van der Waals surface area contributed by atoms with Crippen LogP contribution in [-0.2, 0) is 0 Å². The number of nitrogens with zero attached hydrogens (tertiary/aromatic N) is 1. The molecule has 2 rings (SSSR count). The number of phenolic OH excluding ortho intramolecular Hbond substituents is 1. The molecule has 0 amide bonds. The molecule has 0 aliphatic carbocycles. The number of phenols is 1. The molecule has 1 heterocycles. The minimum absolute atomic E-state index is 0.0127. The molecule has 1 saturated heterocycles. The Morgan fingerprint density at radius 1 is 1.44 bits per heavy atom. The maximum absolute atomic E-state index is 10.9. The van der Waals surface area contributed by atoms with Gasteiger partial charge in [-0.2, -0.15) is 0 Å². The van der Waals surface area contributed by atoms with Crippen LogP contribution in [-0.4, -0.2) is 16.6 Å². The highest BCUT2D eigenvalue weighted by atomic mass is 16.6. The first kappa shape index (κ1) is 10.9. The molecule has 2 N–H and O–H groups in total. The zero-order valence-electron chi connectivity index (χ0n) is 8.85. The second-order valence-electron chi connectivity index (χ2n) is 4.00. The molecule has 1 fully saturated rings. The summed E-state index contributed by atoms with van der Waals surface area (Å²) in [5, 5.41) is 23.5. The Morgan fingerprint density at radius 2 is 2.25 bits per heavy atom. The van der Waals surface area contributed by atoms with Crippen molar-refractivity contribution < 1.29 is 10.0 Å². The summed E-state index contributed by atoms with van der Waals surface area (Å²) in [6.45, 7) is 0.872. The van der Waals surface area contributed by atoms with Gasteiger partial charge in [0, 0.05) is 12.1 Å². The summed E-state index contributed by atoms with van der Waals surface area (Å²) < 4.78 is 0. The average molecular weight is 222 g/mol. The van der Waals surface area contributed by atoms with Gasteiger partial charge in [-0.05, 0) is 31.5 Å².